The van der Waals surface area contributed by atoms with Gasteiger partial charge in [-0.05, 0) is 70.1 Å². The number of benzene rings is 4. The fraction of sp³-hybridized carbons (Fsp3) is 0.359. The minimum atomic E-state index is -5.02. The van der Waals surface area contributed by atoms with E-state index in [9.17, 15) is 26.3 Å². The first-order chi connectivity index (χ1) is 24.9. The van der Waals surface area contributed by atoms with E-state index in [1.165, 1.54) is 0 Å². The van der Waals surface area contributed by atoms with Gasteiger partial charge in [-0.2, -0.15) is 26.3 Å². The van der Waals surface area contributed by atoms with Crippen LogP contribution in [0, 0.1) is 0 Å². The van der Waals surface area contributed by atoms with Crippen molar-refractivity contribution >= 4 is 0 Å². The van der Waals surface area contributed by atoms with Gasteiger partial charge in [0.05, 0.1) is 36.0 Å². The molecule has 2 fully saturated rings. The highest BCUT2D eigenvalue weighted by Gasteiger charge is 2.61. The summed E-state index contributed by atoms with van der Waals surface area (Å²) < 4.78 is 99.5. The molecule has 13 heteroatoms. The molecule has 0 spiro atoms. The SMILES string of the molecule is Cn1nnnc1C1CC2(c3ccccc3)C(OC(COCc3ccccc3)c3cc(C(F)(F)F)cc(C(F)(F)F)c3)CCC1N2Cc1ccccc1. The van der Waals surface area contributed by atoms with Crippen molar-refractivity contribution in [1.82, 2.24) is 25.1 Å². The Hall–Kier alpha value is -4.59. The van der Waals surface area contributed by atoms with E-state index in [1.54, 1.807) is 11.7 Å². The van der Waals surface area contributed by atoms with Gasteiger partial charge in [0.1, 0.15) is 6.10 Å². The van der Waals surface area contributed by atoms with E-state index in [4.69, 9.17) is 9.47 Å². The van der Waals surface area contributed by atoms with Crippen molar-refractivity contribution in [2.75, 3.05) is 6.61 Å². The Morgan fingerprint density at radius 1 is 0.788 bits per heavy atom. The minimum Gasteiger partial charge on any atom is -0.374 e. The molecule has 52 heavy (non-hydrogen) atoms. The summed E-state index contributed by atoms with van der Waals surface area (Å²) in [5, 5.41) is 12.4. The van der Waals surface area contributed by atoms with Gasteiger partial charge < -0.3 is 9.47 Å². The number of halogens is 6. The molecule has 0 saturated carbocycles. The second-order valence-corrected chi connectivity index (χ2v) is 13.5. The molecule has 272 valence electrons. The third-order valence-corrected chi connectivity index (χ3v) is 10.3. The molecule has 4 aromatic carbocycles. The quantitative estimate of drug-likeness (QED) is 0.127. The van der Waals surface area contributed by atoms with E-state index in [1.807, 2.05) is 91.0 Å². The second kappa shape index (κ2) is 14.4. The molecule has 0 amide bonds. The van der Waals surface area contributed by atoms with E-state index >= 15 is 0 Å². The monoisotopic (exact) mass is 721 g/mol. The van der Waals surface area contributed by atoms with Crippen LogP contribution in [0.4, 0.5) is 26.3 Å². The summed E-state index contributed by atoms with van der Waals surface area (Å²) in [5.41, 5.74) is -1.17. The highest BCUT2D eigenvalue weighted by atomic mass is 19.4. The normalized spacial score (nSPS) is 22.8. The molecule has 2 aliphatic rings. The number of rotatable bonds is 11. The van der Waals surface area contributed by atoms with Crippen molar-refractivity contribution in [3.63, 3.8) is 0 Å². The molecule has 3 heterocycles. The highest BCUT2D eigenvalue weighted by molar-refractivity contribution is 5.37. The Morgan fingerprint density at radius 3 is 1.96 bits per heavy atom. The average Bonchev–Trinajstić information content (AvgIpc) is 3.65. The second-order valence-electron chi connectivity index (χ2n) is 13.5. The maximum atomic E-state index is 14.1. The van der Waals surface area contributed by atoms with Crippen LogP contribution in [0.5, 0.6) is 0 Å². The van der Waals surface area contributed by atoms with Gasteiger partial charge in [0.25, 0.3) is 0 Å². The number of hydrogen-bond donors (Lipinski definition) is 0. The zero-order chi connectivity index (χ0) is 36.5. The van der Waals surface area contributed by atoms with Crippen LogP contribution in [0.25, 0.3) is 0 Å². The predicted octanol–water partition coefficient (Wildman–Crippen LogP) is 8.64. The maximum Gasteiger partial charge on any atom is 0.416 e. The number of ether oxygens (including phenoxy) is 2. The number of alkyl halides is 6. The Bertz CT molecular complexity index is 1910. The Morgan fingerprint density at radius 2 is 1.38 bits per heavy atom. The Labute approximate surface area is 297 Å². The maximum absolute atomic E-state index is 14.1. The minimum absolute atomic E-state index is 0.0388. The fourth-order valence-electron chi connectivity index (χ4n) is 8.00. The zero-order valence-electron chi connectivity index (χ0n) is 28.3. The molecule has 5 atom stereocenters. The summed E-state index contributed by atoms with van der Waals surface area (Å²) in [6, 6.07) is 30.4. The zero-order valence-corrected chi connectivity index (χ0v) is 28.3. The summed E-state index contributed by atoms with van der Waals surface area (Å²) in [4.78, 5) is 2.38. The van der Waals surface area contributed by atoms with Crippen molar-refractivity contribution in [3.05, 3.63) is 148 Å². The summed E-state index contributed by atoms with van der Waals surface area (Å²) in [5.74, 6) is 0.549. The summed E-state index contributed by atoms with van der Waals surface area (Å²) >= 11 is 0. The molecule has 7 rings (SSSR count). The van der Waals surface area contributed by atoms with Crippen LogP contribution in [0.3, 0.4) is 0 Å². The lowest BCUT2D eigenvalue weighted by Crippen LogP contribution is -2.57. The summed E-state index contributed by atoms with van der Waals surface area (Å²) in [6.45, 7) is 0.316. The first-order valence-electron chi connectivity index (χ1n) is 17.1. The van der Waals surface area contributed by atoms with Crippen LogP contribution < -0.4 is 0 Å². The molecule has 5 aromatic rings. The molecule has 2 saturated heterocycles. The number of tetrazole rings is 1. The number of nitrogens with zero attached hydrogens (tertiary/aromatic N) is 5. The molecule has 0 aliphatic carbocycles. The van der Waals surface area contributed by atoms with Crippen LogP contribution in [0.15, 0.2) is 109 Å². The molecule has 0 radical (unpaired) electrons. The van der Waals surface area contributed by atoms with Crippen LogP contribution >= 0.6 is 0 Å². The number of aromatic nitrogens is 4. The van der Waals surface area contributed by atoms with Crippen molar-refractivity contribution < 1.29 is 35.8 Å². The first-order valence-corrected chi connectivity index (χ1v) is 17.1. The number of aryl methyl sites for hydroxylation is 1. The van der Waals surface area contributed by atoms with Gasteiger partial charge >= 0.3 is 12.4 Å². The third-order valence-electron chi connectivity index (χ3n) is 10.3. The van der Waals surface area contributed by atoms with Crippen LogP contribution in [0.2, 0.25) is 0 Å². The van der Waals surface area contributed by atoms with E-state index in [2.05, 4.69) is 20.4 Å². The van der Waals surface area contributed by atoms with Crippen molar-refractivity contribution in [2.24, 2.45) is 7.05 Å². The smallest absolute Gasteiger partial charge is 0.374 e. The molecule has 0 N–H and O–H groups in total. The third kappa shape index (κ3) is 7.22. The van der Waals surface area contributed by atoms with E-state index in [0.29, 0.717) is 31.6 Å². The lowest BCUT2D eigenvalue weighted by Gasteiger charge is -2.51. The summed E-state index contributed by atoms with van der Waals surface area (Å²) in [7, 11) is 1.79. The van der Waals surface area contributed by atoms with Gasteiger partial charge in [0.2, 0.25) is 0 Å². The summed E-state index contributed by atoms with van der Waals surface area (Å²) in [6.07, 6.45) is -10.4. The Kier molecular flexibility index (Phi) is 9.94. The van der Waals surface area contributed by atoms with E-state index in [-0.39, 0.29) is 36.8 Å². The van der Waals surface area contributed by atoms with Crippen molar-refractivity contribution in [2.45, 2.75) is 74.5 Å². The fourth-order valence-corrected chi connectivity index (χ4v) is 8.00. The molecule has 1 aromatic heterocycles. The predicted molar refractivity (Wildman–Crippen MR) is 179 cm³/mol. The number of hydrogen-bond acceptors (Lipinski definition) is 6. The molecule has 2 bridgehead atoms. The lowest BCUT2D eigenvalue weighted by atomic mass is 9.78. The Balaban J connectivity index is 1.34. The first kappa shape index (κ1) is 35.8. The van der Waals surface area contributed by atoms with E-state index < -0.39 is 41.2 Å². The van der Waals surface area contributed by atoms with Gasteiger partial charge in [0, 0.05) is 25.6 Å². The van der Waals surface area contributed by atoms with Crippen LogP contribution in [0.1, 0.15) is 70.5 Å². The topological polar surface area (TPSA) is 65.3 Å². The van der Waals surface area contributed by atoms with Gasteiger partial charge in [-0.25, -0.2) is 4.68 Å². The molecule has 5 unspecified atom stereocenters. The largest absolute Gasteiger partial charge is 0.416 e. The van der Waals surface area contributed by atoms with Gasteiger partial charge in [-0.3, -0.25) is 4.90 Å². The van der Waals surface area contributed by atoms with E-state index in [0.717, 1.165) is 28.8 Å². The lowest BCUT2D eigenvalue weighted by molar-refractivity contribution is -0.150. The number of piperidine rings is 1. The van der Waals surface area contributed by atoms with Crippen LogP contribution in [-0.2, 0) is 47.6 Å². The van der Waals surface area contributed by atoms with Crippen molar-refractivity contribution in [3.8, 4) is 0 Å². The standard InChI is InChI=1S/C39H37F6N5O2/c1-49-36(46-47-48-49)32-22-37(29-15-9-4-10-16-29)35(18-17-33(32)50(37)23-26-11-5-2-6-12-26)52-34(25-51-24-27-13-7-3-8-14-27)28-19-30(38(40,41)42)21-31(20-28)39(43,44)45/h2-16,19-21,32-35H,17-18,22-25H2,1H3. The van der Waals surface area contributed by atoms with Gasteiger partial charge in [0.15, 0.2) is 5.82 Å². The average molecular weight is 722 g/mol. The number of fused-ring (bicyclic) bond motifs is 2. The van der Waals surface area contributed by atoms with Gasteiger partial charge in [-0.15, -0.1) is 5.10 Å². The highest BCUT2D eigenvalue weighted by Crippen LogP contribution is 2.58. The van der Waals surface area contributed by atoms with Gasteiger partial charge in [-0.1, -0.05) is 91.0 Å². The molecule has 7 nitrogen and oxygen atoms in total. The molecular weight excluding hydrogens is 684 g/mol. The molecular formula is C39H37F6N5O2. The van der Waals surface area contributed by atoms with Crippen LogP contribution in [-0.4, -0.2) is 43.9 Å². The van der Waals surface area contributed by atoms with Crippen molar-refractivity contribution in [1.29, 1.82) is 0 Å². The molecule has 2 aliphatic heterocycles.